The number of nitrogens with zero attached hydrogens (tertiary/aromatic N) is 2. The maximum atomic E-state index is 12.1. The number of halogens is 1. The number of rotatable bonds is 8. The van der Waals surface area contributed by atoms with Crippen LogP contribution in [0, 0.1) is 0 Å². The molecule has 23 heavy (non-hydrogen) atoms. The second-order valence-corrected chi connectivity index (χ2v) is 5.44. The highest BCUT2D eigenvalue weighted by Crippen LogP contribution is 2.09. The summed E-state index contributed by atoms with van der Waals surface area (Å²) in [6.45, 7) is 2.63. The maximum Gasteiger partial charge on any atom is 0.224 e. The van der Waals surface area contributed by atoms with Crippen molar-refractivity contribution in [2.75, 3.05) is 6.54 Å². The van der Waals surface area contributed by atoms with Gasteiger partial charge in [-0.2, -0.15) is 5.10 Å². The molecular formula is C17H25ClN4O. The van der Waals surface area contributed by atoms with Crippen molar-refractivity contribution in [3.63, 3.8) is 0 Å². The molecule has 1 unspecified atom stereocenters. The monoisotopic (exact) mass is 336 g/mol. The lowest BCUT2D eigenvalue weighted by Crippen LogP contribution is -2.40. The van der Waals surface area contributed by atoms with Crippen molar-refractivity contribution in [3.05, 3.63) is 48.3 Å². The van der Waals surface area contributed by atoms with Crippen molar-refractivity contribution in [3.8, 4) is 5.69 Å². The molecule has 126 valence electrons. The summed E-state index contributed by atoms with van der Waals surface area (Å²) in [4.78, 5) is 12.1. The summed E-state index contributed by atoms with van der Waals surface area (Å²) in [5.41, 5.74) is 7.67. The summed E-state index contributed by atoms with van der Waals surface area (Å²) in [5, 5.41) is 7.19. The zero-order valence-electron chi connectivity index (χ0n) is 13.4. The van der Waals surface area contributed by atoms with Gasteiger partial charge in [-0.25, -0.2) is 4.68 Å². The Morgan fingerprint density at radius 1 is 1.35 bits per heavy atom. The molecule has 1 amide bonds. The third kappa shape index (κ3) is 6.04. The molecule has 0 fully saturated rings. The molecule has 5 nitrogen and oxygen atoms in total. The zero-order valence-corrected chi connectivity index (χ0v) is 14.3. The van der Waals surface area contributed by atoms with Crippen LogP contribution in [0.3, 0.4) is 0 Å². The molecule has 1 aromatic carbocycles. The normalized spacial score (nSPS) is 11.6. The summed E-state index contributed by atoms with van der Waals surface area (Å²) in [7, 11) is 0. The highest BCUT2D eigenvalue weighted by atomic mass is 35.5. The van der Waals surface area contributed by atoms with Crippen LogP contribution in [0.2, 0.25) is 0 Å². The Morgan fingerprint density at radius 3 is 2.65 bits per heavy atom. The number of benzene rings is 1. The number of carbonyl (C=O) groups excluding carboxylic acids is 1. The number of aromatic nitrogens is 2. The van der Waals surface area contributed by atoms with E-state index in [0.717, 1.165) is 30.5 Å². The Balaban J connectivity index is 0.00000264. The van der Waals surface area contributed by atoms with E-state index in [9.17, 15) is 4.79 Å². The standard InChI is InChI=1S/C17H24N4O.ClH/c1-2-3-5-15(13-18)20-17(22)12-14-6-8-16(9-7-14)21-11-4-10-19-21;/h4,6-11,15H,2-3,5,12-13,18H2,1H3,(H,20,22);1H. The molecule has 1 aromatic heterocycles. The number of hydrogen-bond donors (Lipinski definition) is 2. The Labute approximate surface area is 143 Å². The molecule has 0 spiro atoms. The van der Waals surface area contributed by atoms with E-state index < -0.39 is 0 Å². The highest BCUT2D eigenvalue weighted by Gasteiger charge is 2.10. The fourth-order valence-electron chi connectivity index (χ4n) is 2.35. The van der Waals surface area contributed by atoms with E-state index >= 15 is 0 Å². The van der Waals surface area contributed by atoms with Crippen LogP contribution < -0.4 is 11.1 Å². The van der Waals surface area contributed by atoms with E-state index in [2.05, 4.69) is 17.3 Å². The lowest BCUT2D eigenvalue weighted by atomic mass is 10.1. The minimum absolute atomic E-state index is 0. The number of hydrogen-bond acceptors (Lipinski definition) is 3. The van der Waals surface area contributed by atoms with Crippen molar-refractivity contribution >= 4 is 18.3 Å². The molecule has 2 rings (SSSR count). The van der Waals surface area contributed by atoms with E-state index in [-0.39, 0.29) is 24.4 Å². The van der Waals surface area contributed by atoms with Gasteiger partial charge < -0.3 is 11.1 Å². The molecule has 0 aliphatic rings. The van der Waals surface area contributed by atoms with E-state index in [4.69, 9.17) is 5.73 Å². The summed E-state index contributed by atoms with van der Waals surface area (Å²) in [6, 6.07) is 9.81. The Bertz CT molecular complexity index is 569. The van der Waals surface area contributed by atoms with Gasteiger partial charge in [-0.1, -0.05) is 31.9 Å². The molecule has 0 aliphatic heterocycles. The van der Waals surface area contributed by atoms with Crippen LogP contribution in [-0.2, 0) is 11.2 Å². The molecular weight excluding hydrogens is 312 g/mol. The molecule has 1 atom stereocenters. The quantitative estimate of drug-likeness (QED) is 0.777. The molecule has 3 N–H and O–H groups in total. The average Bonchev–Trinajstić information content (AvgIpc) is 3.06. The SMILES string of the molecule is CCCCC(CN)NC(=O)Cc1ccc(-n2cccn2)cc1.Cl. The van der Waals surface area contributed by atoms with Crippen LogP contribution in [0.5, 0.6) is 0 Å². The van der Waals surface area contributed by atoms with Gasteiger partial charge in [0, 0.05) is 25.0 Å². The third-order valence-corrected chi connectivity index (χ3v) is 3.63. The van der Waals surface area contributed by atoms with Crippen molar-refractivity contribution in [2.24, 2.45) is 5.73 Å². The Morgan fingerprint density at radius 2 is 2.09 bits per heavy atom. The molecule has 6 heteroatoms. The second-order valence-electron chi connectivity index (χ2n) is 5.44. The highest BCUT2D eigenvalue weighted by molar-refractivity contribution is 5.85. The molecule has 0 aliphatic carbocycles. The van der Waals surface area contributed by atoms with E-state index in [1.807, 2.05) is 36.5 Å². The molecule has 2 aromatic rings. The van der Waals surface area contributed by atoms with Crippen molar-refractivity contribution in [1.82, 2.24) is 15.1 Å². The first-order valence-corrected chi connectivity index (χ1v) is 7.81. The number of amides is 1. The fraction of sp³-hybridized carbons (Fsp3) is 0.412. The molecule has 1 heterocycles. The van der Waals surface area contributed by atoms with Crippen LogP contribution in [0.4, 0.5) is 0 Å². The Kier molecular flexibility index (Phi) is 8.37. The largest absolute Gasteiger partial charge is 0.352 e. The van der Waals surface area contributed by atoms with E-state index in [1.165, 1.54) is 0 Å². The van der Waals surface area contributed by atoms with Gasteiger partial charge in [0.05, 0.1) is 12.1 Å². The minimum Gasteiger partial charge on any atom is -0.352 e. The van der Waals surface area contributed by atoms with Crippen molar-refractivity contribution < 1.29 is 4.79 Å². The van der Waals surface area contributed by atoms with Gasteiger partial charge in [0.1, 0.15) is 0 Å². The summed E-state index contributed by atoms with van der Waals surface area (Å²) < 4.78 is 1.79. The zero-order chi connectivity index (χ0) is 15.8. The van der Waals surface area contributed by atoms with Crippen LogP contribution in [0.25, 0.3) is 5.69 Å². The first-order chi connectivity index (χ1) is 10.7. The van der Waals surface area contributed by atoms with Gasteiger partial charge >= 0.3 is 0 Å². The summed E-state index contributed by atoms with van der Waals surface area (Å²) in [6.07, 6.45) is 7.15. The van der Waals surface area contributed by atoms with Gasteiger partial charge in [0.2, 0.25) is 5.91 Å². The predicted molar refractivity (Wildman–Crippen MR) is 95.0 cm³/mol. The minimum atomic E-state index is 0. The van der Waals surface area contributed by atoms with Gasteiger partial charge in [-0.15, -0.1) is 12.4 Å². The van der Waals surface area contributed by atoms with Gasteiger partial charge in [-0.05, 0) is 30.2 Å². The molecule has 0 saturated carbocycles. The lowest BCUT2D eigenvalue weighted by Gasteiger charge is -2.16. The van der Waals surface area contributed by atoms with Crippen molar-refractivity contribution in [2.45, 2.75) is 38.6 Å². The topological polar surface area (TPSA) is 72.9 Å². The smallest absolute Gasteiger partial charge is 0.224 e. The van der Waals surface area contributed by atoms with Gasteiger partial charge in [-0.3, -0.25) is 4.79 Å². The number of nitrogens with one attached hydrogen (secondary N) is 1. The average molecular weight is 337 g/mol. The summed E-state index contributed by atoms with van der Waals surface area (Å²) in [5.74, 6) is 0.0263. The maximum absolute atomic E-state index is 12.1. The molecule has 0 saturated heterocycles. The molecule has 0 bridgehead atoms. The fourth-order valence-corrected chi connectivity index (χ4v) is 2.35. The van der Waals surface area contributed by atoms with Crippen LogP contribution in [0.15, 0.2) is 42.7 Å². The first-order valence-electron chi connectivity index (χ1n) is 7.81. The summed E-state index contributed by atoms with van der Waals surface area (Å²) >= 11 is 0. The third-order valence-electron chi connectivity index (χ3n) is 3.63. The second kappa shape index (κ2) is 10.0. The first kappa shape index (κ1) is 19.2. The van der Waals surface area contributed by atoms with Crippen molar-refractivity contribution in [1.29, 1.82) is 0 Å². The van der Waals surface area contributed by atoms with Crippen LogP contribution >= 0.6 is 12.4 Å². The number of nitrogens with two attached hydrogens (primary N) is 1. The van der Waals surface area contributed by atoms with Crippen LogP contribution in [-0.4, -0.2) is 28.3 Å². The Hall–Kier alpha value is -1.85. The number of unbranched alkanes of at least 4 members (excludes halogenated alkanes) is 1. The molecule has 0 radical (unpaired) electrons. The predicted octanol–water partition coefficient (Wildman–Crippen LogP) is 2.47. The number of carbonyl (C=O) groups is 1. The van der Waals surface area contributed by atoms with Gasteiger partial charge in [0.15, 0.2) is 0 Å². The van der Waals surface area contributed by atoms with E-state index in [0.29, 0.717) is 13.0 Å². The van der Waals surface area contributed by atoms with E-state index in [1.54, 1.807) is 10.9 Å². The lowest BCUT2D eigenvalue weighted by molar-refractivity contribution is -0.121. The van der Waals surface area contributed by atoms with Crippen LogP contribution in [0.1, 0.15) is 31.7 Å². The van der Waals surface area contributed by atoms with Gasteiger partial charge in [0.25, 0.3) is 0 Å².